The Labute approximate surface area is 68.6 Å². The molecular weight excluding hydrogens is 168 g/mol. The number of aliphatic hydroxyl groups is 5. The smallest absolute Gasteiger partial charge is 0.184 e. The Morgan fingerprint density at radius 2 is 1.50 bits per heavy atom. The number of aliphatic hydroxyl groups excluding tert-OH is 5. The van der Waals surface area contributed by atoms with E-state index in [0.29, 0.717) is 0 Å². The zero-order chi connectivity index (χ0) is 9.30. The van der Waals surface area contributed by atoms with Gasteiger partial charge in [-0.25, -0.2) is 0 Å². The van der Waals surface area contributed by atoms with Crippen molar-refractivity contribution >= 4 is 0 Å². The van der Waals surface area contributed by atoms with E-state index in [1.54, 1.807) is 0 Å². The lowest BCUT2D eigenvalue weighted by Crippen LogP contribution is -2.58. The molecular formula is C6H12O6. The molecule has 72 valence electrons. The Kier molecular flexibility index (Phi) is 2.99. The monoisotopic (exact) mass is 180 g/mol. The molecule has 0 aromatic heterocycles. The van der Waals surface area contributed by atoms with Crippen molar-refractivity contribution in [3.8, 4) is 0 Å². The van der Waals surface area contributed by atoms with Crippen LogP contribution in [0.1, 0.15) is 0 Å². The minimum atomic E-state index is -1.57. The van der Waals surface area contributed by atoms with Crippen LogP contribution in [0.2, 0.25) is 0 Å². The zero-order valence-corrected chi connectivity index (χ0v) is 6.24. The number of rotatable bonds is 1. The van der Waals surface area contributed by atoms with Gasteiger partial charge in [0.15, 0.2) is 6.29 Å². The summed E-state index contributed by atoms with van der Waals surface area (Å²) < 4.78 is 4.58. The summed E-state index contributed by atoms with van der Waals surface area (Å²) in [5.74, 6) is 0. The van der Waals surface area contributed by atoms with Crippen molar-refractivity contribution < 1.29 is 30.3 Å². The van der Waals surface area contributed by atoms with E-state index < -0.39 is 37.3 Å². The summed E-state index contributed by atoms with van der Waals surface area (Å²) >= 11 is 0. The van der Waals surface area contributed by atoms with E-state index in [2.05, 4.69) is 4.74 Å². The van der Waals surface area contributed by atoms with Crippen molar-refractivity contribution in [1.82, 2.24) is 0 Å². The van der Waals surface area contributed by atoms with Gasteiger partial charge in [-0.05, 0) is 0 Å². The SMILES string of the molecule is OCC1O[C@H](O)[C@@H](O)C(O)C1O. The van der Waals surface area contributed by atoms with Crippen LogP contribution in [0.3, 0.4) is 0 Å². The van der Waals surface area contributed by atoms with Crippen LogP contribution >= 0.6 is 0 Å². The van der Waals surface area contributed by atoms with E-state index in [-0.39, 0.29) is 0 Å². The Balaban J connectivity index is 2.63. The van der Waals surface area contributed by atoms with Crippen molar-refractivity contribution in [3.63, 3.8) is 0 Å². The number of hydrogen-bond donors (Lipinski definition) is 5. The first-order valence-electron chi connectivity index (χ1n) is 3.56. The zero-order valence-electron chi connectivity index (χ0n) is 6.24. The third kappa shape index (κ3) is 1.58. The minimum absolute atomic E-state index is 0.526. The van der Waals surface area contributed by atoms with E-state index in [1.807, 2.05) is 0 Å². The predicted molar refractivity (Wildman–Crippen MR) is 36.0 cm³/mol. The Bertz CT molecular complexity index is 146. The molecule has 0 bridgehead atoms. The molecule has 0 saturated carbocycles. The summed E-state index contributed by atoms with van der Waals surface area (Å²) in [6, 6.07) is 0. The molecule has 0 aliphatic carbocycles. The van der Waals surface area contributed by atoms with Crippen LogP contribution in [0.4, 0.5) is 0 Å². The van der Waals surface area contributed by atoms with Gasteiger partial charge in [-0.1, -0.05) is 0 Å². The van der Waals surface area contributed by atoms with Crippen molar-refractivity contribution in [2.24, 2.45) is 0 Å². The Hall–Kier alpha value is -0.240. The summed E-state index contributed by atoms with van der Waals surface area (Å²) in [7, 11) is 0. The molecule has 5 atom stereocenters. The molecule has 0 radical (unpaired) electrons. The van der Waals surface area contributed by atoms with Crippen LogP contribution in [0, 0.1) is 0 Å². The highest BCUT2D eigenvalue weighted by Crippen LogP contribution is 2.18. The minimum Gasteiger partial charge on any atom is -0.394 e. The van der Waals surface area contributed by atoms with Crippen molar-refractivity contribution in [1.29, 1.82) is 0 Å². The summed E-state index contributed by atoms with van der Waals surface area (Å²) in [6.07, 6.45) is -7.04. The second kappa shape index (κ2) is 3.65. The fourth-order valence-corrected chi connectivity index (χ4v) is 1.08. The van der Waals surface area contributed by atoms with Gasteiger partial charge < -0.3 is 30.3 Å². The first kappa shape index (κ1) is 9.85. The van der Waals surface area contributed by atoms with Crippen molar-refractivity contribution in [2.45, 2.75) is 30.7 Å². The lowest BCUT2D eigenvalue weighted by Gasteiger charge is -2.37. The molecule has 1 aliphatic heterocycles. The molecule has 1 fully saturated rings. The maximum absolute atomic E-state index is 9.12. The van der Waals surface area contributed by atoms with Gasteiger partial charge in [0.25, 0.3) is 0 Å². The highest BCUT2D eigenvalue weighted by molar-refractivity contribution is 4.87. The quantitative estimate of drug-likeness (QED) is 0.290. The van der Waals surface area contributed by atoms with Gasteiger partial charge in [0, 0.05) is 0 Å². The van der Waals surface area contributed by atoms with Crippen LogP contribution in [0.15, 0.2) is 0 Å². The van der Waals surface area contributed by atoms with E-state index in [1.165, 1.54) is 0 Å². The fraction of sp³-hybridized carbons (Fsp3) is 1.00. The summed E-state index contributed by atoms with van der Waals surface area (Å²) in [5.41, 5.74) is 0. The second-order valence-electron chi connectivity index (χ2n) is 2.72. The topological polar surface area (TPSA) is 110 Å². The van der Waals surface area contributed by atoms with Crippen LogP contribution in [0.25, 0.3) is 0 Å². The number of hydrogen-bond acceptors (Lipinski definition) is 6. The normalized spacial score (nSPS) is 49.2. The van der Waals surface area contributed by atoms with Crippen LogP contribution in [0.5, 0.6) is 0 Å². The van der Waals surface area contributed by atoms with E-state index in [4.69, 9.17) is 25.5 Å². The van der Waals surface area contributed by atoms with E-state index in [9.17, 15) is 0 Å². The molecule has 1 heterocycles. The third-order valence-corrected chi connectivity index (χ3v) is 1.87. The molecule has 0 aromatic rings. The largest absolute Gasteiger partial charge is 0.394 e. The summed E-state index contributed by atoms with van der Waals surface area (Å²) in [6.45, 7) is -0.526. The summed E-state index contributed by atoms with van der Waals surface area (Å²) in [4.78, 5) is 0. The van der Waals surface area contributed by atoms with Crippen molar-refractivity contribution in [3.05, 3.63) is 0 Å². The van der Waals surface area contributed by atoms with Gasteiger partial charge in [0.2, 0.25) is 0 Å². The lowest BCUT2D eigenvalue weighted by atomic mass is 10.00. The van der Waals surface area contributed by atoms with Crippen molar-refractivity contribution in [2.75, 3.05) is 6.61 Å². The van der Waals surface area contributed by atoms with Gasteiger partial charge >= 0.3 is 0 Å². The molecule has 0 amide bonds. The Morgan fingerprint density at radius 1 is 0.917 bits per heavy atom. The standard InChI is InChI=1S/C6H12O6/c7-1-2-3(8)4(9)5(10)6(11)12-2/h2-11H,1H2/t2?,3?,4?,5-,6-/m0/s1. The molecule has 0 aromatic carbocycles. The summed E-state index contributed by atoms with van der Waals surface area (Å²) in [5, 5.41) is 44.7. The molecule has 6 heteroatoms. The molecule has 5 N–H and O–H groups in total. The van der Waals surface area contributed by atoms with Crippen LogP contribution in [-0.2, 0) is 4.74 Å². The fourth-order valence-electron chi connectivity index (χ4n) is 1.08. The molecule has 1 rings (SSSR count). The maximum atomic E-state index is 9.12. The van der Waals surface area contributed by atoms with E-state index >= 15 is 0 Å². The first-order valence-corrected chi connectivity index (χ1v) is 3.56. The molecule has 1 saturated heterocycles. The van der Waals surface area contributed by atoms with E-state index in [0.717, 1.165) is 0 Å². The lowest BCUT2D eigenvalue weighted by molar-refractivity contribution is -0.286. The molecule has 12 heavy (non-hydrogen) atoms. The second-order valence-corrected chi connectivity index (χ2v) is 2.72. The van der Waals surface area contributed by atoms with Crippen LogP contribution in [-0.4, -0.2) is 62.8 Å². The first-order chi connectivity index (χ1) is 5.57. The van der Waals surface area contributed by atoms with Gasteiger partial charge in [-0.2, -0.15) is 0 Å². The highest BCUT2D eigenvalue weighted by Gasteiger charge is 2.42. The highest BCUT2D eigenvalue weighted by atomic mass is 16.6. The van der Waals surface area contributed by atoms with Gasteiger partial charge in [-0.3, -0.25) is 0 Å². The molecule has 1 aliphatic rings. The molecule has 6 nitrogen and oxygen atoms in total. The van der Waals surface area contributed by atoms with Gasteiger partial charge in [-0.15, -0.1) is 0 Å². The molecule has 3 unspecified atom stereocenters. The average molecular weight is 180 g/mol. The number of ether oxygens (including phenoxy) is 1. The van der Waals surface area contributed by atoms with Gasteiger partial charge in [0.1, 0.15) is 24.4 Å². The molecule has 0 spiro atoms. The predicted octanol–water partition coefficient (Wildman–Crippen LogP) is -3.22. The average Bonchev–Trinajstić information content (AvgIpc) is 2.08. The maximum Gasteiger partial charge on any atom is 0.184 e. The van der Waals surface area contributed by atoms with Gasteiger partial charge in [0.05, 0.1) is 6.61 Å². The van der Waals surface area contributed by atoms with Crippen LogP contribution < -0.4 is 0 Å². The Morgan fingerprint density at radius 3 is 2.00 bits per heavy atom. The third-order valence-electron chi connectivity index (χ3n) is 1.87.